The van der Waals surface area contributed by atoms with Crippen LogP contribution in [0.2, 0.25) is 0 Å². The van der Waals surface area contributed by atoms with Crippen LogP contribution in [0.25, 0.3) is 16.3 Å². The van der Waals surface area contributed by atoms with E-state index in [1.807, 2.05) is 30.0 Å². The average Bonchev–Trinajstić information content (AvgIpc) is 3.56. The summed E-state index contributed by atoms with van der Waals surface area (Å²) in [7, 11) is 0. The fourth-order valence-electron chi connectivity index (χ4n) is 6.41. The minimum atomic E-state index is -0.563. The maximum absolute atomic E-state index is 13.5. The van der Waals surface area contributed by atoms with Crippen molar-refractivity contribution in [3.8, 4) is 0 Å². The Hall–Kier alpha value is -2.39. The van der Waals surface area contributed by atoms with Gasteiger partial charge < -0.3 is 9.64 Å². The number of benzene rings is 2. The molecule has 224 valence electrons. The number of fused-ring (bicyclic) bond motifs is 3. The van der Waals surface area contributed by atoms with Crippen LogP contribution in [-0.4, -0.2) is 31.6 Å². The Labute approximate surface area is 272 Å². The largest absolute Gasteiger partial charge is 0.465 e. The Bertz CT molecular complexity index is 1700. The number of hydrogen-bond acceptors (Lipinski definition) is 7. The SMILES string of the molecule is CCOC(=O)C12CCC(C=C3Sc4ccc(SC)cc4N3CC)=CC1=CC(=Cc1sc3ccc(SC)cc3[n+]1CC)CC2. The quantitative estimate of drug-likeness (QED) is 0.138. The van der Waals surface area contributed by atoms with Gasteiger partial charge in [0.15, 0.2) is 0 Å². The van der Waals surface area contributed by atoms with Gasteiger partial charge in [0.1, 0.15) is 11.2 Å². The van der Waals surface area contributed by atoms with E-state index >= 15 is 0 Å². The molecule has 0 bridgehead atoms. The minimum Gasteiger partial charge on any atom is -0.465 e. The summed E-state index contributed by atoms with van der Waals surface area (Å²) >= 11 is 7.26. The molecule has 0 saturated heterocycles. The first-order valence-corrected chi connectivity index (χ1v) is 19.2. The van der Waals surface area contributed by atoms with E-state index in [0.717, 1.165) is 44.3 Å². The summed E-state index contributed by atoms with van der Waals surface area (Å²) in [4.78, 5) is 19.8. The Morgan fingerprint density at radius 1 is 1.02 bits per heavy atom. The molecule has 3 aromatic rings. The van der Waals surface area contributed by atoms with E-state index in [4.69, 9.17) is 4.74 Å². The maximum Gasteiger partial charge on any atom is 0.316 e. The topological polar surface area (TPSA) is 33.4 Å². The molecule has 1 aromatic heterocycles. The third-order valence-electron chi connectivity index (χ3n) is 8.71. The lowest BCUT2D eigenvalue weighted by molar-refractivity contribution is -0.665. The van der Waals surface area contributed by atoms with Crippen LogP contribution in [0.5, 0.6) is 0 Å². The monoisotopic (exact) mass is 647 g/mol. The summed E-state index contributed by atoms with van der Waals surface area (Å²) in [5.74, 6) is -0.0687. The maximum atomic E-state index is 13.5. The lowest BCUT2D eigenvalue weighted by atomic mass is 9.65. The van der Waals surface area contributed by atoms with Gasteiger partial charge in [-0.25, -0.2) is 0 Å². The summed E-state index contributed by atoms with van der Waals surface area (Å²) in [6.07, 6.45) is 16.8. The molecule has 2 aromatic carbocycles. The number of hydrogen-bond donors (Lipinski definition) is 0. The van der Waals surface area contributed by atoms with Gasteiger partial charge in [0, 0.05) is 33.4 Å². The van der Waals surface area contributed by atoms with E-state index in [2.05, 4.69) is 96.5 Å². The first-order valence-electron chi connectivity index (χ1n) is 15.1. The summed E-state index contributed by atoms with van der Waals surface area (Å²) in [6, 6.07) is 13.5. The van der Waals surface area contributed by atoms with Crippen molar-refractivity contribution in [3.05, 3.63) is 81.4 Å². The van der Waals surface area contributed by atoms with Crippen LogP contribution in [0.4, 0.5) is 5.69 Å². The molecule has 4 nitrogen and oxygen atoms in total. The molecular weight excluding hydrogens is 609 g/mol. The minimum absolute atomic E-state index is 0.0687. The molecule has 1 aliphatic heterocycles. The molecule has 6 rings (SSSR count). The van der Waals surface area contributed by atoms with Gasteiger partial charge in [-0.1, -0.05) is 35.3 Å². The summed E-state index contributed by atoms with van der Waals surface area (Å²) in [5.41, 5.74) is 5.68. The normalized spacial score (nSPS) is 21.7. The second-order valence-electron chi connectivity index (χ2n) is 11.0. The van der Waals surface area contributed by atoms with Gasteiger partial charge >= 0.3 is 5.97 Å². The molecule has 2 heterocycles. The van der Waals surface area contributed by atoms with E-state index in [-0.39, 0.29) is 5.97 Å². The molecule has 0 saturated carbocycles. The van der Waals surface area contributed by atoms with Gasteiger partial charge in [-0.05, 0) is 112 Å². The van der Waals surface area contributed by atoms with E-state index in [9.17, 15) is 4.79 Å². The summed E-state index contributed by atoms with van der Waals surface area (Å²) < 4.78 is 9.42. The molecular formula is C35H39N2O2S4+. The van der Waals surface area contributed by atoms with Crippen LogP contribution < -0.4 is 9.47 Å². The Kier molecular flexibility index (Phi) is 9.20. The fraction of sp³-hybridized carbons (Fsp3) is 0.371. The highest BCUT2D eigenvalue weighted by Crippen LogP contribution is 2.51. The van der Waals surface area contributed by atoms with Gasteiger partial charge in [0.05, 0.1) is 22.7 Å². The van der Waals surface area contributed by atoms with Gasteiger partial charge in [-0.15, -0.1) is 23.5 Å². The van der Waals surface area contributed by atoms with Crippen molar-refractivity contribution < 1.29 is 14.1 Å². The van der Waals surface area contributed by atoms with Crippen molar-refractivity contribution in [1.29, 1.82) is 0 Å². The smallest absolute Gasteiger partial charge is 0.316 e. The van der Waals surface area contributed by atoms with Crippen molar-refractivity contribution in [2.24, 2.45) is 5.41 Å². The lowest BCUT2D eigenvalue weighted by Gasteiger charge is -2.39. The van der Waals surface area contributed by atoms with Gasteiger partial charge in [-0.3, -0.25) is 4.79 Å². The van der Waals surface area contributed by atoms with E-state index in [0.29, 0.717) is 6.61 Å². The second kappa shape index (κ2) is 12.9. The highest BCUT2D eigenvalue weighted by molar-refractivity contribution is 8.03. The first-order chi connectivity index (χ1) is 20.9. The van der Waals surface area contributed by atoms with Crippen molar-refractivity contribution in [3.63, 3.8) is 0 Å². The summed E-state index contributed by atoms with van der Waals surface area (Å²) in [5, 5.41) is 2.52. The average molecular weight is 648 g/mol. The highest BCUT2D eigenvalue weighted by atomic mass is 32.2. The third-order valence-corrected chi connectivity index (χ3v) is 12.4. The molecule has 0 spiro atoms. The Morgan fingerprint density at radius 3 is 2.53 bits per heavy atom. The number of rotatable bonds is 8. The number of anilines is 1. The molecule has 1 atom stereocenters. The number of aromatic nitrogens is 1. The van der Waals surface area contributed by atoms with E-state index in [1.165, 1.54) is 51.8 Å². The summed E-state index contributed by atoms with van der Waals surface area (Å²) in [6.45, 7) is 8.59. The fourth-order valence-corrected chi connectivity index (χ4v) is 9.64. The van der Waals surface area contributed by atoms with Crippen LogP contribution >= 0.6 is 46.6 Å². The zero-order chi connectivity index (χ0) is 30.1. The molecule has 3 aliphatic rings. The molecule has 43 heavy (non-hydrogen) atoms. The predicted octanol–water partition coefficient (Wildman–Crippen LogP) is 9.50. The number of thioether (sulfide) groups is 3. The number of ether oxygens (including phenoxy) is 1. The highest BCUT2D eigenvalue weighted by Gasteiger charge is 2.46. The number of carbonyl (C=O) groups is 1. The van der Waals surface area contributed by atoms with Crippen molar-refractivity contribution in [2.45, 2.75) is 67.7 Å². The van der Waals surface area contributed by atoms with Crippen molar-refractivity contribution in [2.75, 3.05) is 30.6 Å². The standard InChI is InChI=1S/C35H39N2O2S4/c1-6-36-28-21-26(40-4)9-11-30(28)42-32(36)19-23-13-15-35(34(38)39-8-3)16-14-24(18-25(35)17-23)20-33-37(7-2)29-22-27(41-5)10-12-31(29)43-33/h9-12,17-22H,6-8,13-16H2,1-5H3/q+1. The van der Waals surface area contributed by atoms with E-state index in [1.54, 1.807) is 23.5 Å². The van der Waals surface area contributed by atoms with Crippen LogP contribution in [0.3, 0.4) is 0 Å². The van der Waals surface area contributed by atoms with Crippen molar-refractivity contribution >= 4 is 74.6 Å². The molecule has 8 heteroatoms. The molecule has 0 radical (unpaired) electrons. The second-order valence-corrected chi connectivity index (χ2v) is 14.9. The lowest BCUT2D eigenvalue weighted by Crippen LogP contribution is -2.38. The number of esters is 1. The van der Waals surface area contributed by atoms with Crippen LogP contribution in [0.15, 0.2) is 91.1 Å². The van der Waals surface area contributed by atoms with Crippen molar-refractivity contribution in [1.82, 2.24) is 0 Å². The van der Waals surface area contributed by atoms with Crippen LogP contribution in [0.1, 0.15) is 51.5 Å². The molecule has 1 unspecified atom stereocenters. The number of allylic oxidation sites excluding steroid dienone is 5. The third kappa shape index (κ3) is 5.76. The molecule has 0 amide bonds. The predicted molar refractivity (Wildman–Crippen MR) is 186 cm³/mol. The zero-order valence-corrected chi connectivity index (χ0v) is 28.8. The van der Waals surface area contributed by atoms with Crippen LogP contribution in [0, 0.1) is 5.41 Å². The molecule has 0 fully saturated rings. The Balaban J connectivity index is 1.39. The van der Waals surface area contributed by atoms with Gasteiger partial charge in [0.25, 0.3) is 5.01 Å². The van der Waals surface area contributed by atoms with E-state index < -0.39 is 5.41 Å². The number of aryl methyl sites for hydroxylation is 1. The van der Waals surface area contributed by atoms with Crippen LogP contribution in [-0.2, 0) is 16.1 Å². The Morgan fingerprint density at radius 2 is 1.79 bits per heavy atom. The molecule has 2 aliphatic carbocycles. The molecule has 0 N–H and O–H groups in total. The number of nitrogens with zero attached hydrogens (tertiary/aromatic N) is 2. The van der Waals surface area contributed by atoms with Gasteiger partial charge in [0.2, 0.25) is 5.52 Å². The first kappa shape index (κ1) is 30.6. The van der Waals surface area contributed by atoms with Gasteiger partial charge in [-0.2, -0.15) is 4.57 Å². The number of thiazole rings is 1. The number of carbonyl (C=O) groups excluding carboxylic acids is 1. The zero-order valence-electron chi connectivity index (χ0n) is 25.6.